The predicted octanol–water partition coefficient (Wildman–Crippen LogP) is 3.91. The van der Waals surface area contributed by atoms with Crippen molar-refractivity contribution >= 4 is 38.9 Å². The fraction of sp³-hybridized carbons (Fsp3) is 0.231. The number of hydrogen-bond acceptors (Lipinski definition) is 3. The van der Waals surface area contributed by atoms with Gasteiger partial charge in [0.15, 0.2) is 0 Å². The van der Waals surface area contributed by atoms with Crippen LogP contribution in [0.1, 0.15) is 25.9 Å². The third-order valence-corrected chi connectivity index (χ3v) is 4.20. The molecule has 0 fully saturated rings. The van der Waals surface area contributed by atoms with E-state index in [2.05, 4.69) is 26.2 Å². The van der Waals surface area contributed by atoms with Crippen LogP contribution in [0.15, 0.2) is 24.3 Å². The number of anilines is 1. The van der Waals surface area contributed by atoms with Crippen LogP contribution < -0.4 is 5.32 Å². The first kappa shape index (κ1) is 13.2. The lowest BCUT2D eigenvalue weighted by Crippen LogP contribution is -2.12. The topological polar surface area (TPSA) is 42.0 Å². The highest BCUT2D eigenvalue weighted by Crippen LogP contribution is 2.22. The van der Waals surface area contributed by atoms with Crippen molar-refractivity contribution in [2.45, 2.75) is 19.2 Å². The van der Waals surface area contributed by atoms with Crippen molar-refractivity contribution in [1.82, 2.24) is 4.98 Å². The van der Waals surface area contributed by atoms with E-state index in [0.29, 0.717) is 10.2 Å². The first-order chi connectivity index (χ1) is 8.61. The molecule has 3 nitrogen and oxygen atoms in total. The smallest absolute Gasteiger partial charge is 0.267 e. The molecule has 94 valence electrons. The number of carbonyl (C=O) groups is 1. The van der Waals surface area contributed by atoms with E-state index < -0.39 is 0 Å². The van der Waals surface area contributed by atoms with Gasteiger partial charge in [-0.2, -0.15) is 0 Å². The summed E-state index contributed by atoms with van der Waals surface area (Å²) >= 11 is 4.83. The molecule has 0 radical (unpaired) electrons. The van der Waals surface area contributed by atoms with Gasteiger partial charge in [-0.1, -0.05) is 34.1 Å². The number of nitrogens with zero attached hydrogens (tertiary/aromatic N) is 1. The Hall–Kier alpha value is -1.20. The lowest BCUT2D eigenvalue weighted by atomic mass is 10.2. The van der Waals surface area contributed by atoms with Crippen LogP contribution in [0.3, 0.4) is 0 Å². The van der Waals surface area contributed by atoms with Gasteiger partial charge in [0, 0.05) is 11.0 Å². The van der Waals surface area contributed by atoms with E-state index in [0.717, 1.165) is 22.0 Å². The van der Waals surface area contributed by atoms with Crippen LogP contribution in [-0.2, 0) is 5.33 Å². The van der Waals surface area contributed by atoms with E-state index in [-0.39, 0.29) is 5.91 Å². The highest BCUT2D eigenvalue weighted by atomic mass is 79.9. The molecule has 0 saturated heterocycles. The predicted molar refractivity (Wildman–Crippen MR) is 78.6 cm³/mol. The second-order valence-corrected chi connectivity index (χ2v) is 5.66. The van der Waals surface area contributed by atoms with Gasteiger partial charge in [-0.15, -0.1) is 11.3 Å². The molecule has 1 aromatic carbocycles. The van der Waals surface area contributed by atoms with Gasteiger partial charge in [0.05, 0.1) is 10.7 Å². The number of aromatic nitrogens is 1. The van der Waals surface area contributed by atoms with Crippen LogP contribution in [0.4, 0.5) is 5.69 Å². The Labute approximate surface area is 118 Å². The molecule has 1 aromatic heterocycles. The Morgan fingerprint density at radius 2 is 2.11 bits per heavy atom. The Morgan fingerprint density at radius 3 is 2.72 bits per heavy atom. The van der Waals surface area contributed by atoms with Crippen molar-refractivity contribution in [2.24, 2.45) is 0 Å². The van der Waals surface area contributed by atoms with Crippen molar-refractivity contribution in [3.63, 3.8) is 0 Å². The second kappa shape index (κ2) is 5.63. The zero-order valence-electron chi connectivity index (χ0n) is 10.2. The summed E-state index contributed by atoms with van der Waals surface area (Å²) in [6, 6.07) is 7.74. The molecule has 0 atom stereocenters. The number of aryl methyl sites for hydroxylation is 2. The number of benzene rings is 1. The summed E-state index contributed by atoms with van der Waals surface area (Å²) in [6.45, 7) is 3.76. The van der Waals surface area contributed by atoms with Gasteiger partial charge < -0.3 is 5.32 Å². The van der Waals surface area contributed by atoms with Crippen molar-refractivity contribution in [1.29, 1.82) is 0 Å². The number of carbonyl (C=O) groups excluding carboxylic acids is 1. The molecule has 2 aromatic rings. The molecular formula is C13H13BrN2OS. The van der Waals surface area contributed by atoms with Crippen LogP contribution in [0.2, 0.25) is 0 Å². The normalized spacial score (nSPS) is 10.4. The van der Waals surface area contributed by atoms with Gasteiger partial charge >= 0.3 is 0 Å². The maximum absolute atomic E-state index is 12.2. The largest absolute Gasteiger partial charge is 0.321 e. The van der Waals surface area contributed by atoms with Gasteiger partial charge in [0.2, 0.25) is 0 Å². The minimum absolute atomic E-state index is 0.0912. The molecule has 0 saturated carbocycles. The maximum Gasteiger partial charge on any atom is 0.267 e. The van der Waals surface area contributed by atoms with Crippen molar-refractivity contribution in [3.05, 3.63) is 45.4 Å². The third-order valence-electron chi connectivity index (χ3n) is 2.52. The maximum atomic E-state index is 12.2. The van der Waals surface area contributed by atoms with Gasteiger partial charge in [-0.05, 0) is 25.5 Å². The van der Waals surface area contributed by atoms with Gasteiger partial charge in [0.1, 0.15) is 4.88 Å². The molecule has 5 heteroatoms. The first-order valence-electron chi connectivity index (χ1n) is 5.51. The van der Waals surface area contributed by atoms with Gasteiger partial charge in [0.25, 0.3) is 5.91 Å². The number of rotatable bonds is 3. The summed E-state index contributed by atoms with van der Waals surface area (Å²) in [6.07, 6.45) is 0. The summed E-state index contributed by atoms with van der Waals surface area (Å²) in [4.78, 5) is 17.1. The lowest BCUT2D eigenvalue weighted by Gasteiger charge is -2.08. The molecule has 0 aliphatic carbocycles. The molecule has 0 unspecified atom stereocenters. The third kappa shape index (κ3) is 2.79. The van der Waals surface area contributed by atoms with Crippen molar-refractivity contribution in [2.75, 3.05) is 5.32 Å². The van der Waals surface area contributed by atoms with E-state index in [1.54, 1.807) is 0 Å². The fourth-order valence-corrected chi connectivity index (χ4v) is 2.98. The first-order valence-corrected chi connectivity index (χ1v) is 7.45. The molecule has 0 aliphatic heterocycles. The summed E-state index contributed by atoms with van der Waals surface area (Å²) in [5.74, 6) is -0.0912. The molecular weight excluding hydrogens is 312 g/mol. The lowest BCUT2D eigenvalue weighted by molar-refractivity contribution is 0.102. The Kier molecular flexibility index (Phi) is 4.14. The number of alkyl halides is 1. The molecule has 1 amide bonds. The monoisotopic (exact) mass is 324 g/mol. The summed E-state index contributed by atoms with van der Waals surface area (Å²) < 4.78 is 0. The van der Waals surface area contributed by atoms with E-state index in [1.807, 2.05) is 38.1 Å². The molecule has 1 heterocycles. The molecule has 18 heavy (non-hydrogen) atoms. The summed E-state index contributed by atoms with van der Waals surface area (Å²) in [5, 5.41) is 4.55. The van der Waals surface area contributed by atoms with Crippen molar-refractivity contribution in [3.8, 4) is 0 Å². The fourth-order valence-electron chi connectivity index (χ4n) is 1.68. The minimum atomic E-state index is -0.0912. The number of para-hydroxylation sites is 1. The summed E-state index contributed by atoms with van der Waals surface area (Å²) in [7, 11) is 0. The summed E-state index contributed by atoms with van der Waals surface area (Å²) in [5.41, 5.74) is 2.68. The van der Waals surface area contributed by atoms with Gasteiger partial charge in [-0.25, -0.2) is 4.98 Å². The average molecular weight is 325 g/mol. The van der Waals surface area contributed by atoms with Crippen LogP contribution in [-0.4, -0.2) is 10.9 Å². The van der Waals surface area contributed by atoms with Crippen LogP contribution >= 0.6 is 27.3 Å². The zero-order chi connectivity index (χ0) is 13.1. The van der Waals surface area contributed by atoms with Crippen LogP contribution in [0.25, 0.3) is 0 Å². The molecule has 1 N–H and O–H groups in total. The molecule has 0 aliphatic rings. The number of amides is 1. The van der Waals surface area contributed by atoms with Crippen LogP contribution in [0.5, 0.6) is 0 Å². The Morgan fingerprint density at radius 1 is 1.39 bits per heavy atom. The molecule has 0 bridgehead atoms. The van der Waals surface area contributed by atoms with Gasteiger partial charge in [-0.3, -0.25) is 4.79 Å². The SMILES string of the molecule is Cc1nc(C)c(C(=O)Nc2ccccc2CBr)s1. The second-order valence-electron chi connectivity index (χ2n) is 3.89. The number of halogens is 1. The molecule has 0 spiro atoms. The van der Waals surface area contributed by atoms with Crippen molar-refractivity contribution < 1.29 is 4.79 Å². The number of nitrogens with one attached hydrogen (secondary N) is 1. The standard InChI is InChI=1S/C13H13BrN2OS/c1-8-12(18-9(2)15-8)13(17)16-11-6-4-3-5-10(11)7-14/h3-6H,7H2,1-2H3,(H,16,17). The molecule has 2 rings (SSSR count). The highest BCUT2D eigenvalue weighted by Gasteiger charge is 2.14. The highest BCUT2D eigenvalue weighted by molar-refractivity contribution is 9.08. The van der Waals surface area contributed by atoms with E-state index in [1.165, 1.54) is 11.3 Å². The number of hydrogen-bond donors (Lipinski definition) is 1. The van der Waals surface area contributed by atoms with E-state index in [9.17, 15) is 4.79 Å². The zero-order valence-corrected chi connectivity index (χ0v) is 12.6. The Balaban J connectivity index is 2.24. The van der Waals surface area contributed by atoms with E-state index >= 15 is 0 Å². The van der Waals surface area contributed by atoms with E-state index in [4.69, 9.17) is 0 Å². The average Bonchev–Trinajstić information content (AvgIpc) is 2.69. The minimum Gasteiger partial charge on any atom is -0.321 e. The quantitative estimate of drug-likeness (QED) is 0.870. The number of thiazole rings is 1. The Bertz CT molecular complexity index is 580. The van der Waals surface area contributed by atoms with Crippen LogP contribution in [0, 0.1) is 13.8 Å².